The van der Waals surface area contributed by atoms with Gasteiger partial charge in [0, 0.05) is 6.61 Å². The second-order valence-electron chi connectivity index (χ2n) is 3.07. The number of ether oxygens (including phenoxy) is 4. The third-order valence-corrected chi connectivity index (χ3v) is 1.65. The standard InChI is InChI=1S/C10H20O6/c1-3-13-4-5-14-6-7-15-9(2)8-16-10(11)12/h9H,3-8H2,1-2H3,(H,11,12). The van der Waals surface area contributed by atoms with E-state index in [1.165, 1.54) is 0 Å². The van der Waals surface area contributed by atoms with Gasteiger partial charge in [0.2, 0.25) is 0 Å². The molecular weight excluding hydrogens is 216 g/mol. The molecule has 0 heterocycles. The molecule has 0 saturated heterocycles. The third-order valence-electron chi connectivity index (χ3n) is 1.65. The van der Waals surface area contributed by atoms with Crippen LogP contribution in [-0.4, -0.2) is 57.0 Å². The van der Waals surface area contributed by atoms with E-state index in [4.69, 9.17) is 19.3 Å². The van der Waals surface area contributed by atoms with Gasteiger partial charge in [0.15, 0.2) is 0 Å². The summed E-state index contributed by atoms with van der Waals surface area (Å²) in [5, 5.41) is 8.24. The Morgan fingerprint density at radius 3 is 2.44 bits per heavy atom. The van der Waals surface area contributed by atoms with Crippen molar-refractivity contribution in [3.63, 3.8) is 0 Å². The smallest absolute Gasteiger partial charge is 0.450 e. The van der Waals surface area contributed by atoms with Crippen LogP contribution < -0.4 is 0 Å². The number of hydrogen-bond donors (Lipinski definition) is 1. The van der Waals surface area contributed by atoms with Crippen LogP contribution in [0.4, 0.5) is 4.79 Å². The van der Waals surface area contributed by atoms with Gasteiger partial charge in [-0.15, -0.1) is 0 Å². The first kappa shape index (κ1) is 15.2. The van der Waals surface area contributed by atoms with Crippen LogP contribution in [-0.2, 0) is 18.9 Å². The van der Waals surface area contributed by atoms with Gasteiger partial charge >= 0.3 is 6.16 Å². The lowest BCUT2D eigenvalue weighted by Crippen LogP contribution is -2.20. The van der Waals surface area contributed by atoms with Gasteiger partial charge < -0.3 is 24.1 Å². The molecule has 0 aliphatic carbocycles. The van der Waals surface area contributed by atoms with E-state index >= 15 is 0 Å². The van der Waals surface area contributed by atoms with Crippen molar-refractivity contribution >= 4 is 6.16 Å². The second-order valence-corrected chi connectivity index (χ2v) is 3.07. The van der Waals surface area contributed by atoms with Crippen molar-refractivity contribution in [3.05, 3.63) is 0 Å². The molecule has 0 amide bonds. The monoisotopic (exact) mass is 236 g/mol. The van der Waals surface area contributed by atoms with Crippen molar-refractivity contribution < 1.29 is 28.8 Å². The maximum atomic E-state index is 10.1. The zero-order valence-corrected chi connectivity index (χ0v) is 9.81. The van der Waals surface area contributed by atoms with Crippen LogP contribution in [0, 0.1) is 0 Å². The van der Waals surface area contributed by atoms with Crippen LogP contribution in [0.1, 0.15) is 13.8 Å². The molecule has 0 spiro atoms. The van der Waals surface area contributed by atoms with E-state index in [-0.39, 0.29) is 12.7 Å². The molecule has 0 aromatic carbocycles. The molecule has 1 unspecified atom stereocenters. The van der Waals surface area contributed by atoms with Crippen molar-refractivity contribution in [3.8, 4) is 0 Å². The lowest BCUT2D eigenvalue weighted by molar-refractivity contribution is -0.0294. The summed E-state index contributed by atoms with van der Waals surface area (Å²) in [5.74, 6) is 0. The Kier molecular flexibility index (Phi) is 10.1. The van der Waals surface area contributed by atoms with Crippen LogP contribution in [0.2, 0.25) is 0 Å². The molecule has 0 saturated carbocycles. The summed E-state index contributed by atoms with van der Waals surface area (Å²) in [6.45, 7) is 6.38. The average molecular weight is 236 g/mol. The first-order valence-electron chi connectivity index (χ1n) is 5.29. The van der Waals surface area contributed by atoms with E-state index in [1.807, 2.05) is 6.92 Å². The highest BCUT2D eigenvalue weighted by molar-refractivity contribution is 5.56. The van der Waals surface area contributed by atoms with Gasteiger partial charge in [-0.3, -0.25) is 0 Å². The molecule has 0 rings (SSSR count). The van der Waals surface area contributed by atoms with E-state index in [1.54, 1.807) is 6.92 Å². The Hall–Kier alpha value is -0.850. The molecule has 1 N–H and O–H groups in total. The molecule has 0 aliphatic rings. The SMILES string of the molecule is CCOCCOCCOC(C)COC(=O)O. The fraction of sp³-hybridized carbons (Fsp3) is 0.900. The highest BCUT2D eigenvalue weighted by atomic mass is 16.7. The predicted molar refractivity (Wildman–Crippen MR) is 56.7 cm³/mol. The highest BCUT2D eigenvalue weighted by Crippen LogP contribution is 1.92. The van der Waals surface area contributed by atoms with Gasteiger partial charge in [0.05, 0.1) is 32.5 Å². The normalized spacial score (nSPS) is 12.4. The number of carboxylic acid groups (broad SMARTS) is 1. The zero-order valence-electron chi connectivity index (χ0n) is 9.81. The average Bonchev–Trinajstić information content (AvgIpc) is 2.25. The van der Waals surface area contributed by atoms with Crippen LogP contribution in [0.25, 0.3) is 0 Å². The maximum absolute atomic E-state index is 10.1. The molecular formula is C10H20O6. The Morgan fingerprint density at radius 2 is 1.81 bits per heavy atom. The minimum atomic E-state index is -1.29. The first-order chi connectivity index (χ1) is 7.66. The third kappa shape index (κ3) is 11.2. The molecule has 0 radical (unpaired) electrons. The van der Waals surface area contributed by atoms with Crippen molar-refractivity contribution in [2.75, 3.05) is 39.6 Å². The van der Waals surface area contributed by atoms with Crippen molar-refractivity contribution in [2.24, 2.45) is 0 Å². The molecule has 6 heteroatoms. The van der Waals surface area contributed by atoms with Crippen molar-refractivity contribution in [1.82, 2.24) is 0 Å². The summed E-state index contributed by atoms with van der Waals surface area (Å²) < 4.78 is 19.9. The molecule has 0 aromatic heterocycles. The largest absolute Gasteiger partial charge is 0.505 e. The lowest BCUT2D eigenvalue weighted by atomic mass is 10.4. The molecule has 0 aromatic rings. The number of carbonyl (C=O) groups is 1. The quantitative estimate of drug-likeness (QED) is 0.453. The van der Waals surface area contributed by atoms with Crippen LogP contribution in [0.5, 0.6) is 0 Å². The van der Waals surface area contributed by atoms with Crippen LogP contribution in [0.15, 0.2) is 0 Å². The van der Waals surface area contributed by atoms with E-state index in [2.05, 4.69) is 4.74 Å². The molecule has 1 atom stereocenters. The van der Waals surface area contributed by atoms with Crippen LogP contribution >= 0.6 is 0 Å². The minimum Gasteiger partial charge on any atom is -0.450 e. The summed E-state index contributed by atoms with van der Waals surface area (Å²) in [7, 11) is 0. The zero-order chi connectivity index (χ0) is 12.2. The van der Waals surface area contributed by atoms with Gasteiger partial charge in [-0.1, -0.05) is 0 Å². The van der Waals surface area contributed by atoms with E-state index in [0.717, 1.165) is 0 Å². The second kappa shape index (κ2) is 10.7. The van der Waals surface area contributed by atoms with E-state index in [0.29, 0.717) is 33.0 Å². The molecule has 6 nitrogen and oxygen atoms in total. The minimum absolute atomic E-state index is 0.0360. The van der Waals surface area contributed by atoms with Gasteiger partial charge in [0.1, 0.15) is 6.61 Å². The lowest BCUT2D eigenvalue weighted by Gasteiger charge is -2.12. The highest BCUT2D eigenvalue weighted by Gasteiger charge is 2.05. The Morgan fingerprint density at radius 1 is 1.19 bits per heavy atom. The summed E-state index contributed by atoms with van der Waals surface area (Å²) >= 11 is 0. The van der Waals surface area contributed by atoms with Gasteiger partial charge in [-0.25, -0.2) is 4.79 Å². The Bertz CT molecular complexity index is 173. The van der Waals surface area contributed by atoms with E-state index in [9.17, 15) is 4.79 Å². The Balaban J connectivity index is 3.15. The predicted octanol–water partition coefficient (Wildman–Crippen LogP) is 1.14. The van der Waals surface area contributed by atoms with Crippen molar-refractivity contribution in [2.45, 2.75) is 20.0 Å². The van der Waals surface area contributed by atoms with E-state index < -0.39 is 6.16 Å². The molecule has 96 valence electrons. The Labute approximate surface area is 95.4 Å². The fourth-order valence-electron chi connectivity index (χ4n) is 0.909. The van der Waals surface area contributed by atoms with Crippen molar-refractivity contribution in [1.29, 1.82) is 0 Å². The van der Waals surface area contributed by atoms with Gasteiger partial charge in [-0.2, -0.15) is 0 Å². The fourth-order valence-corrected chi connectivity index (χ4v) is 0.909. The van der Waals surface area contributed by atoms with Gasteiger partial charge in [-0.05, 0) is 13.8 Å². The molecule has 0 fully saturated rings. The van der Waals surface area contributed by atoms with Crippen LogP contribution in [0.3, 0.4) is 0 Å². The van der Waals surface area contributed by atoms with Gasteiger partial charge in [0.25, 0.3) is 0 Å². The summed E-state index contributed by atoms with van der Waals surface area (Å²) in [5.41, 5.74) is 0. The molecule has 0 bridgehead atoms. The number of rotatable bonds is 10. The molecule has 0 aliphatic heterocycles. The number of hydrogen-bond acceptors (Lipinski definition) is 5. The summed E-state index contributed by atoms with van der Waals surface area (Å²) in [6.07, 6.45) is -1.55. The first-order valence-corrected chi connectivity index (χ1v) is 5.29. The molecule has 16 heavy (non-hydrogen) atoms. The maximum Gasteiger partial charge on any atom is 0.505 e. The topological polar surface area (TPSA) is 74.2 Å². The summed E-state index contributed by atoms with van der Waals surface area (Å²) in [6, 6.07) is 0. The summed E-state index contributed by atoms with van der Waals surface area (Å²) in [4.78, 5) is 10.1.